The number of halogens is 1. The monoisotopic (exact) mass is 278 g/mol. The van der Waals surface area contributed by atoms with Gasteiger partial charge >= 0.3 is 6.03 Å². The van der Waals surface area contributed by atoms with Gasteiger partial charge in [0.25, 0.3) is 0 Å². The molecule has 0 radical (unpaired) electrons. The minimum absolute atomic E-state index is 0.0367. The van der Waals surface area contributed by atoms with E-state index in [9.17, 15) is 9.18 Å². The van der Waals surface area contributed by atoms with E-state index in [1.54, 1.807) is 24.3 Å². The maximum Gasteiger partial charge on any atom is 0.317 e. The average Bonchev–Trinajstić information content (AvgIpc) is 3.18. The molecule has 2 amide bonds. The number of rotatable bonds is 6. The van der Waals surface area contributed by atoms with E-state index in [2.05, 4.69) is 11.9 Å². The van der Waals surface area contributed by atoms with Crippen LogP contribution in [-0.4, -0.2) is 41.8 Å². The molecular weight excluding hydrogens is 259 g/mol. The van der Waals surface area contributed by atoms with Crippen molar-refractivity contribution in [1.82, 2.24) is 10.2 Å². The molecule has 5 heteroatoms. The van der Waals surface area contributed by atoms with Gasteiger partial charge in [0.2, 0.25) is 0 Å². The van der Waals surface area contributed by atoms with Crippen LogP contribution in [0.25, 0.3) is 0 Å². The van der Waals surface area contributed by atoms with Crippen molar-refractivity contribution in [3.8, 4) is 0 Å². The summed E-state index contributed by atoms with van der Waals surface area (Å²) in [4.78, 5) is 13.5. The first-order valence-electron chi connectivity index (χ1n) is 6.69. The van der Waals surface area contributed by atoms with E-state index in [-0.39, 0.29) is 37.0 Å². The summed E-state index contributed by atoms with van der Waals surface area (Å²) < 4.78 is 13.6. The quantitative estimate of drug-likeness (QED) is 0.781. The van der Waals surface area contributed by atoms with E-state index in [0.717, 1.165) is 6.42 Å². The zero-order valence-electron chi connectivity index (χ0n) is 11.3. The second kappa shape index (κ2) is 6.52. The summed E-state index contributed by atoms with van der Waals surface area (Å²) in [6.45, 7) is 4.12. The Hall–Kier alpha value is -1.88. The van der Waals surface area contributed by atoms with Crippen molar-refractivity contribution >= 4 is 6.03 Å². The summed E-state index contributed by atoms with van der Waals surface area (Å²) in [7, 11) is 0. The summed E-state index contributed by atoms with van der Waals surface area (Å²) in [6.07, 6.45) is 2.35. The SMILES string of the molecule is C=CCN(CCO)C(=O)NC1CC1c1ccccc1F. The van der Waals surface area contributed by atoms with Crippen molar-refractivity contribution in [2.24, 2.45) is 0 Å². The van der Waals surface area contributed by atoms with Gasteiger partial charge in [0, 0.05) is 25.0 Å². The number of nitrogens with zero attached hydrogens (tertiary/aromatic N) is 1. The second-order valence-corrected chi connectivity index (χ2v) is 4.88. The van der Waals surface area contributed by atoms with E-state index in [1.165, 1.54) is 11.0 Å². The highest BCUT2D eigenvalue weighted by molar-refractivity contribution is 5.75. The van der Waals surface area contributed by atoms with Gasteiger partial charge in [-0.25, -0.2) is 9.18 Å². The lowest BCUT2D eigenvalue weighted by molar-refractivity contribution is 0.183. The first-order valence-corrected chi connectivity index (χ1v) is 6.69. The van der Waals surface area contributed by atoms with Gasteiger partial charge in [-0.1, -0.05) is 24.3 Å². The molecule has 0 bridgehead atoms. The molecule has 0 aliphatic heterocycles. The molecule has 2 unspecified atom stereocenters. The van der Waals surface area contributed by atoms with Gasteiger partial charge in [0.05, 0.1) is 6.61 Å². The fourth-order valence-corrected chi connectivity index (χ4v) is 2.28. The number of nitrogens with one attached hydrogen (secondary N) is 1. The Labute approximate surface area is 117 Å². The molecule has 1 aromatic rings. The topological polar surface area (TPSA) is 52.6 Å². The van der Waals surface area contributed by atoms with Crippen LogP contribution in [0.15, 0.2) is 36.9 Å². The molecule has 1 aliphatic carbocycles. The third kappa shape index (κ3) is 3.36. The van der Waals surface area contributed by atoms with Crippen molar-refractivity contribution < 1.29 is 14.3 Å². The molecule has 20 heavy (non-hydrogen) atoms. The van der Waals surface area contributed by atoms with Crippen molar-refractivity contribution in [3.63, 3.8) is 0 Å². The number of carbonyl (C=O) groups is 1. The molecule has 0 heterocycles. The molecule has 0 spiro atoms. The van der Waals surface area contributed by atoms with Crippen molar-refractivity contribution in [1.29, 1.82) is 0 Å². The maximum atomic E-state index is 13.6. The highest BCUT2D eigenvalue weighted by atomic mass is 19.1. The van der Waals surface area contributed by atoms with E-state index in [4.69, 9.17) is 5.11 Å². The Bertz CT molecular complexity index is 493. The zero-order valence-corrected chi connectivity index (χ0v) is 11.3. The van der Waals surface area contributed by atoms with Crippen molar-refractivity contribution in [2.45, 2.75) is 18.4 Å². The average molecular weight is 278 g/mol. The Morgan fingerprint density at radius 2 is 2.30 bits per heavy atom. The number of benzene rings is 1. The summed E-state index contributed by atoms with van der Waals surface area (Å²) in [5.41, 5.74) is 0.648. The third-order valence-electron chi connectivity index (χ3n) is 3.41. The van der Waals surface area contributed by atoms with Crippen LogP contribution in [0, 0.1) is 5.82 Å². The lowest BCUT2D eigenvalue weighted by Crippen LogP contribution is -2.42. The number of urea groups is 1. The normalized spacial score (nSPS) is 20.3. The van der Waals surface area contributed by atoms with E-state index in [0.29, 0.717) is 12.1 Å². The number of hydrogen-bond donors (Lipinski definition) is 2. The van der Waals surface area contributed by atoms with Crippen LogP contribution in [0.1, 0.15) is 17.9 Å². The molecule has 1 aliphatic rings. The van der Waals surface area contributed by atoms with Crippen LogP contribution in [-0.2, 0) is 0 Å². The number of hydrogen-bond acceptors (Lipinski definition) is 2. The fraction of sp³-hybridized carbons (Fsp3) is 0.400. The highest BCUT2D eigenvalue weighted by Crippen LogP contribution is 2.41. The summed E-state index contributed by atoms with van der Waals surface area (Å²) in [5, 5.41) is 11.8. The fourth-order valence-electron chi connectivity index (χ4n) is 2.28. The largest absolute Gasteiger partial charge is 0.395 e. The Balaban J connectivity index is 1.91. The predicted octanol–water partition coefficient (Wildman–Crippen LogP) is 1.87. The van der Waals surface area contributed by atoms with Crippen molar-refractivity contribution in [3.05, 3.63) is 48.3 Å². The van der Waals surface area contributed by atoms with Crippen LogP contribution in [0.3, 0.4) is 0 Å². The Morgan fingerprint density at radius 3 is 2.95 bits per heavy atom. The van der Waals surface area contributed by atoms with Gasteiger partial charge in [-0.15, -0.1) is 6.58 Å². The van der Waals surface area contributed by atoms with Crippen LogP contribution in [0.4, 0.5) is 9.18 Å². The van der Waals surface area contributed by atoms with Crippen LogP contribution >= 0.6 is 0 Å². The van der Waals surface area contributed by atoms with Crippen LogP contribution in [0.5, 0.6) is 0 Å². The molecule has 2 rings (SSSR count). The summed E-state index contributed by atoms with van der Waals surface area (Å²) in [5.74, 6) is -0.188. The summed E-state index contributed by atoms with van der Waals surface area (Å²) in [6, 6.07) is 6.35. The van der Waals surface area contributed by atoms with Crippen LogP contribution in [0.2, 0.25) is 0 Å². The molecule has 4 nitrogen and oxygen atoms in total. The van der Waals surface area contributed by atoms with Gasteiger partial charge < -0.3 is 15.3 Å². The minimum atomic E-state index is -0.247. The number of carbonyl (C=O) groups excluding carboxylic acids is 1. The van der Waals surface area contributed by atoms with Gasteiger partial charge in [-0.2, -0.15) is 0 Å². The molecule has 0 aromatic heterocycles. The molecule has 0 saturated heterocycles. The Kier molecular flexibility index (Phi) is 4.74. The molecule has 108 valence electrons. The van der Waals surface area contributed by atoms with Crippen LogP contribution < -0.4 is 5.32 Å². The molecular formula is C15H19FN2O2. The maximum absolute atomic E-state index is 13.6. The van der Waals surface area contributed by atoms with E-state index < -0.39 is 0 Å². The highest BCUT2D eigenvalue weighted by Gasteiger charge is 2.41. The molecule has 1 aromatic carbocycles. The smallest absolute Gasteiger partial charge is 0.317 e. The lowest BCUT2D eigenvalue weighted by atomic mass is 10.1. The first kappa shape index (κ1) is 14.5. The Morgan fingerprint density at radius 1 is 1.55 bits per heavy atom. The zero-order chi connectivity index (χ0) is 14.5. The second-order valence-electron chi connectivity index (χ2n) is 4.88. The number of aliphatic hydroxyl groups excluding tert-OH is 1. The molecule has 1 fully saturated rings. The molecule has 1 saturated carbocycles. The van der Waals surface area contributed by atoms with E-state index in [1.807, 2.05) is 0 Å². The predicted molar refractivity (Wildman–Crippen MR) is 74.9 cm³/mol. The lowest BCUT2D eigenvalue weighted by Gasteiger charge is -2.20. The van der Waals surface area contributed by atoms with E-state index >= 15 is 0 Å². The first-order chi connectivity index (χ1) is 9.67. The minimum Gasteiger partial charge on any atom is -0.395 e. The molecule has 2 N–H and O–H groups in total. The number of aliphatic hydroxyl groups is 1. The molecule has 2 atom stereocenters. The van der Waals surface area contributed by atoms with Gasteiger partial charge in [0.1, 0.15) is 5.82 Å². The number of amides is 2. The van der Waals surface area contributed by atoms with Gasteiger partial charge in [0.15, 0.2) is 0 Å². The standard InChI is InChI=1S/C15H19FN2O2/c1-2-7-18(8-9-19)15(20)17-14-10-12(14)11-5-3-4-6-13(11)16/h2-6,12,14,19H,1,7-10H2,(H,17,20). The van der Waals surface area contributed by atoms with Gasteiger partial charge in [-0.3, -0.25) is 0 Å². The van der Waals surface area contributed by atoms with Crippen molar-refractivity contribution in [2.75, 3.05) is 19.7 Å². The third-order valence-corrected chi connectivity index (χ3v) is 3.41. The van der Waals surface area contributed by atoms with Gasteiger partial charge in [-0.05, 0) is 18.1 Å². The summed E-state index contributed by atoms with van der Waals surface area (Å²) >= 11 is 0.